The van der Waals surface area contributed by atoms with E-state index in [-0.39, 0.29) is 17.3 Å². The molecule has 0 aliphatic carbocycles. The standard InChI is InChI=1S/C28H59B3O9/c1-15-24(5,6)33-21-18-27(11,12)36-30-38-29(35-26(9,10)17-20-32-23(3)4)39-31(40-30)37-28(13,14)19-22-34-25(7,8)16-2/h23H,15-22H2,1-14H3. The van der Waals surface area contributed by atoms with E-state index >= 15 is 0 Å². The van der Waals surface area contributed by atoms with E-state index in [9.17, 15) is 0 Å². The molecule has 1 aliphatic rings. The normalized spacial score (nSPS) is 16.4. The van der Waals surface area contributed by atoms with Crippen LogP contribution in [-0.4, -0.2) is 75.9 Å². The van der Waals surface area contributed by atoms with Crippen LogP contribution in [0.2, 0.25) is 0 Å². The maximum Gasteiger partial charge on any atom is 0.615 e. The Morgan fingerprint density at radius 2 is 0.800 bits per heavy atom. The Kier molecular flexibility index (Phi) is 15.2. The van der Waals surface area contributed by atoms with Crippen molar-refractivity contribution in [2.45, 2.75) is 163 Å². The van der Waals surface area contributed by atoms with Crippen LogP contribution in [-0.2, 0) is 41.9 Å². The predicted molar refractivity (Wildman–Crippen MR) is 162 cm³/mol. The van der Waals surface area contributed by atoms with Gasteiger partial charge in [0.05, 0.1) is 34.1 Å². The minimum Gasteiger partial charge on any atom is -0.400 e. The average Bonchev–Trinajstić information content (AvgIpc) is 2.76. The molecule has 0 aromatic carbocycles. The lowest BCUT2D eigenvalue weighted by molar-refractivity contribution is -0.0664. The Labute approximate surface area is 246 Å². The highest BCUT2D eigenvalue weighted by Gasteiger charge is 2.51. The first-order valence-corrected chi connectivity index (χ1v) is 15.1. The molecule has 1 rings (SSSR count). The smallest absolute Gasteiger partial charge is 0.400 e. The molecule has 0 saturated carbocycles. The fourth-order valence-electron chi connectivity index (χ4n) is 3.38. The molecular weight excluding hydrogens is 513 g/mol. The summed E-state index contributed by atoms with van der Waals surface area (Å²) in [5, 5.41) is 0. The van der Waals surface area contributed by atoms with Gasteiger partial charge in [0.1, 0.15) is 0 Å². The number of hydrogen-bond donors (Lipinski definition) is 0. The molecule has 0 bridgehead atoms. The van der Waals surface area contributed by atoms with Crippen LogP contribution < -0.4 is 0 Å². The van der Waals surface area contributed by atoms with Gasteiger partial charge < -0.3 is 41.9 Å². The van der Waals surface area contributed by atoms with Gasteiger partial charge in [-0.3, -0.25) is 0 Å². The second kappa shape index (κ2) is 16.1. The van der Waals surface area contributed by atoms with E-state index in [2.05, 4.69) is 41.5 Å². The minimum absolute atomic E-state index is 0.144. The van der Waals surface area contributed by atoms with Gasteiger partial charge in [0, 0.05) is 19.8 Å². The molecule has 1 heterocycles. The summed E-state index contributed by atoms with van der Waals surface area (Å²) in [6, 6.07) is 0. The summed E-state index contributed by atoms with van der Waals surface area (Å²) in [4.78, 5) is 0. The van der Waals surface area contributed by atoms with Gasteiger partial charge in [0.15, 0.2) is 0 Å². The Hall–Kier alpha value is -0.165. The molecule has 0 aromatic heterocycles. The lowest BCUT2D eigenvalue weighted by Crippen LogP contribution is -2.58. The van der Waals surface area contributed by atoms with Crippen molar-refractivity contribution in [3.63, 3.8) is 0 Å². The van der Waals surface area contributed by atoms with Crippen LogP contribution in [0.5, 0.6) is 0 Å². The summed E-state index contributed by atoms with van der Waals surface area (Å²) in [5.74, 6) is 0. The molecule has 234 valence electrons. The zero-order valence-electron chi connectivity index (χ0n) is 28.1. The van der Waals surface area contributed by atoms with E-state index in [4.69, 9.17) is 41.9 Å². The fraction of sp³-hybridized carbons (Fsp3) is 1.00. The quantitative estimate of drug-likeness (QED) is 0.154. The molecule has 0 aromatic rings. The molecule has 0 atom stereocenters. The Balaban J connectivity index is 2.90. The van der Waals surface area contributed by atoms with E-state index in [1.54, 1.807) is 0 Å². The molecule has 0 N–H and O–H groups in total. The van der Waals surface area contributed by atoms with Crippen molar-refractivity contribution in [3.05, 3.63) is 0 Å². The van der Waals surface area contributed by atoms with Crippen molar-refractivity contribution >= 4 is 22.0 Å². The molecule has 1 aliphatic heterocycles. The summed E-state index contributed by atoms with van der Waals surface area (Å²) in [7, 11) is -3.19. The second-order valence-electron chi connectivity index (χ2n) is 14.0. The van der Waals surface area contributed by atoms with Gasteiger partial charge in [-0.25, -0.2) is 0 Å². The molecule has 12 heteroatoms. The van der Waals surface area contributed by atoms with E-state index in [1.807, 2.05) is 55.4 Å². The van der Waals surface area contributed by atoms with Gasteiger partial charge in [0.2, 0.25) is 0 Å². The van der Waals surface area contributed by atoms with Crippen molar-refractivity contribution in [1.82, 2.24) is 0 Å². The van der Waals surface area contributed by atoms with Crippen LogP contribution in [0, 0.1) is 0 Å². The predicted octanol–water partition coefficient (Wildman–Crippen LogP) is 6.40. The molecule has 0 radical (unpaired) electrons. The molecule has 1 fully saturated rings. The van der Waals surface area contributed by atoms with Gasteiger partial charge >= 0.3 is 22.0 Å². The largest absolute Gasteiger partial charge is 0.615 e. The van der Waals surface area contributed by atoms with Gasteiger partial charge in [-0.15, -0.1) is 0 Å². The number of hydrogen-bond acceptors (Lipinski definition) is 9. The van der Waals surface area contributed by atoms with Crippen molar-refractivity contribution in [1.29, 1.82) is 0 Å². The molecule has 1 saturated heterocycles. The summed E-state index contributed by atoms with van der Waals surface area (Å²) in [6.07, 6.45) is 3.93. The molecule has 0 unspecified atom stereocenters. The Morgan fingerprint density at radius 1 is 0.500 bits per heavy atom. The second-order valence-corrected chi connectivity index (χ2v) is 14.0. The van der Waals surface area contributed by atoms with Crippen LogP contribution in [0.4, 0.5) is 0 Å². The van der Waals surface area contributed by atoms with Gasteiger partial charge in [-0.2, -0.15) is 0 Å². The Morgan fingerprint density at radius 3 is 1.07 bits per heavy atom. The lowest BCUT2D eigenvalue weighted by atomic mass is 9.91. The average molecular weight is 572 g/mol. The zero-order chi connectivity index (χ0) is 30.8. The van der Waals surface area contributed by atoms with Crippen molar-refractivity contribution in [2.75, 3.05) is 19.8 Å². The van der Waals surface area contributed by atoms with Gasteiger partial charge in [0.25, 0.3) is 0 Å². The molecular formula is C28H59B3O9. The number of rotatable bonds is 20. The van der Waals surface area contributed by atoms with Crippen molar-refractivity contribution in [3.8, 4) is 0 Å². The molecule has 40 heavy (non-hydrogen) atoms. The summed E-state index contributed by atoms with van der Waals surface area (Å²) < 4.78 is 54.4. The fourth-order valence-corrected chi connectivity index (χ4v) is 3.38. The highest BCUT2D eigenvalue weighted by Crippen LogP contribution is 2.27. The lowest BCUT2D eigenvalue weighted by Gasteiger charge is -2.38. The van der Waals surface area contributed by atoms with Crippen LogP contribution in [0.1, 0.15) is 129 Å². The highest BCUT2D eigenvalue weighted by atomic mass is 16.9. The topological polar surface area (TPSA) is 83.1 Å². The van der Waals surface area contributed by atoms with Crippen molar-refractivity contribution < 1.29 is 41.9 Å². The van der Waals surface area contributed by atoms with Crippen LogP contribution in [0.3, 0.4) is 0 Å². The summed E-state index contributed by atoms with van der Waals surface area (Å²) in [5.41, 5.74) is -2.16. The van der Waals surface area contributed by atoms with E-state index in [1.165, 1.54) is 0 Å². The Bertz CT molecular complexity index is 673. The first kappa shape index (κ1) is 37.9. The molecule has 9 nitrogen and oxygen atoms in total. The third-order valence-electron chi connectivity index (χ3n) is 7.16. The van der Waals surface area contributed by atoms with Gasteiger partial charge in [-0.05, 0) is 115 Å². The first-order chi connectivity index (χ1) is 18.2. The van der Waals surface area contributed by atoms with Crippen LogP contribution in [0.25, 0.3) is 0 Å². The SMILES string of the molecule is CCC(C)(C)OCCC(C)(C)OB1OB(OC(C)(C)CCOC(C)C)OB(OC(C)(C)CCOC(C)(C)CC)O1. The monoisotopic (exact) mass is 572 g/mol. The number of ether oxygens (including phenoxy) is 3. The van der Waals surface area contributed by atoms with E-state index < -0.39 is 38.8 Å². The summed E-state index contributed by atoms with van der Waals surface area (Å²) in [6.45, 7) is 30.1. The van der Waals surface area contributed by atoms with E-state index in [0.29, 0.717) is 39.1 Å². The minimum atomic E-state index is -1.06. The highest BCUT2D eigenvalue weighted by molar-refractivity contribution is 6.67. The summed E-state index contributed by atoms with van der Waals surface area (Å²) >= 11 is 0. The van der Waals surface area contributed by atoms with E-state index in [0.717, 1.165) is 12.8 Å². The van der Waals surface area contributed by atoms with Gasteiger partial charge in [-0.1, -0.05) is 13.8 Å². The van der Waals surface area contributed by atoms with Crippen LogP contribution in [0.15, 0.2) is 0 Å². The third-order valence-corrected chi connectivity index (χ3v) is 7.16. The molecule has 0 spiro atoms. The third kappa shape index (κ3) is 16.5. The van der Waals surface area contributed by atoms with Crippen LogP contribution >= 0.6 is 0 Å². The zero-order valence-corrected chi connectivity index (χ0v) is 28.1. The molecule has 0 amide bonds. The first-order valence-electron chi connectivity index (χ1n) is 15.1. The maximum atomic E-state index is 6.26. The maximum absolute atomic E-state index is 6.26. The van der Waals surface area contributed by atoms with Crippen molar-refractivity contribution in [2.24, 2.45) is 0 Å².